The molecule has 0 unspecified atom stereocenters. The number of aromatic nitrogens is 5. The van der Waals surface area contributed by atoms with Gasteiger partial charge in [0.15, 0.2) is 5.69 Å². The van der Waals surface area contributed by atoms with E-state index in [1.165, 1.54) is 6.33 Å². The van der Waals surface area contributed by atoms with E-state index in [-0.39, 0.29) is 24.2 Å². The van der Waals surface area contributed by atoms with Gasteiger partial charge in [0.05, 0.1) is 24.4 Å². The van der Waals surface area contributed by atoms with Crippen LogP contribution in [0.3, 0.4) is 0 Å². The van der Waals surface area contributed by atoms with Crippen LogP contribution in [0.15, 0.2) is 6.33 Å². The van der Waals surface area contributed by atoms with Crippen LogP contribution in [0.2, 0.25) is 0 Å². The first-order valence-corrected chi connectivity index (χ1v) is 7.86. The Morgan fingerprint density at radius 1 is 1.52 bits per heavy atom. The molecule has 0 saturated heterocycles. The highest BCUT2D eigenvalue weighted by Crippen LogP contribution is 2.30. The Morgan fingerprint density at radius 3 is 3.04 bits per heavy atom. The molecule has 8 heteroatoms. The minimum atomic E-state index is -0.206. The van der Waals surface area contributed by atoms with Crippen molar-refractivity contribution in [1.29, 1.82) is 0 Å². The van der Waals surface area contributed by atoms with Crippen molar-refractivity contribution < 1.29 is 9.53 Å². The predicted molar refractivity (Wildman–Crippen MR) is 82.8 cm³/mol. The van der Waals surface area contributed by atoms with Crippen molar-refractivity contribution in [2.75, 3.05) is 0 Å². The molecule has 3 rings (SSSR count). The number of rotatable bonds is 4. The van der Waals surface area contributed by atoms with E-state index >= 15 is 0 Å². The molecule has 1 aliphatic heterocycles. The van der Waals surface area contributed by atoms with Crippen molar-refractivity contribution in [1.82, 2.24) is 30.3 Å². The predicted octanol–water partition coefficient (Wildman–Crippen LogP) is 1.53. The topological polar surface area (TPSA) is 97.7 Å². The summed E-state index contributed by atoms with van der Waals surface area (Å²) in [6, 6.07) is 0.196. The van der Waals surface area contributed by atoms with Gasteiger partial charge < -0.3 is 10.1 Å². The Morgan fingerprint density at radius 2 is 2.30 bits per heavy atom. The van der Waals surface area contributed by atoms with Gasteiger partial charge in [-0.15, -0.1) is 0 Å². The van der Waals surface area contributed by atoms with Gasteiger partial charge in [-0.1, -0.05) is 0 Å². The van der Waals surface area contributed by atoms with Crippen LogP contribution in [0.4, 0.5) is 0 Å². The molecule has 0 radical (unpaired) electrons. The number of carbonyl (C=O) groups is 1. The summed E-state index contributed by atoms with van der Waals surface area (Å²) in [7, 11) is 0. The number of H-pyrrole nitrogens is 1. The molecule has 23 heavy (non-hydrogen) atoms. The summed E-state index contributed by atoms with van der Waals surface area (Å²) >= 11 is 0. The van der Waals surface area contributed by atoms with E-state index in [2.05, 4.69) is 25.6 Å². The van der Waals surface area contributed by atoms with Gasteiger partial charge in [-0.2, -0.15) is 10.2 Å². The lowest BCUT2D eigenvalue weighted by Gasteiger charge is -2.25. The second kappa shape index (κ2) is 6.11. The molecule has 8 nitrogen and oxygen atoms in total. The molecule has 2 atom stereocenters. The lowest BCUT2D eigenvalue weighted by molar-refractivity contribution is -0.00697. The Kier molecular flexibility index (Phi) is 4.16. The minimum Gasteiger partial charge on any atom is -0.369 e. The van der Waals surface area contributed by atoms with Crippen LogP contribution in [0, 0.1) is 0 Å². The molecule has 3 heterocycles. The number of carbonyl (C=O) groups excluding carboxylic acids is 1. The van der Waals surface area contributed by atoms with Crippen molar-refractivity contribution in [3.63, 3.8) is 0 Å². The zero-order valence-corrected chi connectivity index (χ0v) is 13.8. The van der Waals surface area contributed by atoms with E-state index in [0.29, 0.717) is 18.7 Å². The Balaban J connectivity index is 1.73. The highest BCUT2D eigenvalue weighted by Gasteiger charge is 2.29. The summed E-state index contributed by atoms with van der Waals surface area (Å²) in [6.45, 7) is 8.32. The van der Waals surface area contributed by atoms with Crippen LogP contribution in [0.5, 0.6) is 0 Å². The van der Waals surface area contributed by atoms with Gasteiger partial charge in [0.1, 0.15) is 12.2 Å². The Labute approximate surface area is 134 Å². The first kappa shape index (κ1) is 15.7. The van der Waals surface area contributed by atoms with Gasteiger partial charge in [0, 0.05) is 18.0 Å². The molecule has 2 N–H and O–H groups in total. The fourth-order valence-electron chi connectivity index (χ4n) is 2.94. The number of hydrogen-bond acceptors (Lipinski definition) is 5. The first-order valence-electron chi connectivity index (χ1n) is 7.86. The summed E-state index contributed by atoms with van der Waals surface area (Å²) in [6.07, 6.45) is 2.18. The van der Waals surface area contributed by atoms with Crippen LogP contribution in [-0.4, -0.2) is 37.0 Å². The van der Waals surface area contributed by atoms with Crippen LogP contribution in [0.25, 0.3) is 0 Å². The van der Waals surface area contributed by atoms with Crippen LogP contribution in [-0.2, 0) is 17.7 Å². The summed E-state index contributed by atoms with van der Waals surface area (Å²) in [4.78, 5) is 16.7. The smallest absolute Gasteiger partial charge is 0.272 e. The third kappa shape index (κ3) is 2.98. The van der Waals surface area contributed by atoms with Crippen molar-refractivity contribution in [3.05, 3.63) is 29.1 Å². The Bertz CT molecular complexity index is 705. The molecule has 0 aliphatic carbocycles. The van der Waals surface area contributed by atoms with E-state index in [1.54, 1.807) is 4.68 Å². The Hall–Kier alpha value is -2.22. The summed E-state index contributed by atoms with van der Waals surface area (Å²) in [5, 5.41) is 14.2. The van der Waals surface area contributed by atoms with Gasteiger partial charge in [-0.3, -0.25) is 9.89 Å². The van der Waals surface area contributed by atoms with E-state index in [4.69, 9.17) is 4.74 Å². The van der Waals surface area contributed by atoms with Gasteiger partial charge >= 0.3 is 0 Å². The highest BCUT2D eigenvalue weighted by molar-refractivity contribution is 5.94. The average Bonchev–Trinajstić information content (AvgIpc) is 3.10. The van der Waals surface area contributed by atoms with Gasteiger partial charge in [0.25, 0.3) is 5.91 Å². The second-order valence-electron chi connectivity index (χ2n) is 6.15. The van der Waals surface area contributed by atoms with Gasteiger partial charge in [-0.05, 0) is 27.7 Å². The molecule has 0 bridgehead atoms. The lowest BCUT2D eigenvalue weighted by atomic mass is 9.99. The van der Waals surface area contributed by atoms with Crippen molar-refractivity contribution in [2.24, 2.45) is 0 Å². The summed E-state index contributed by atoms with van der Waals surface area (Å²) in [5.74, 6) is 0.518. The molecular formula is C15H22N6O2. The van der Waals surface area contributed by atoms with Crippen LogP contribution in [0.1, 0.15) is 67.4 Å². The van der Waals surface area contributed by atoms with Crippen molar-refractivity contribution in [2.45, 2.75) is 58.9 Å². The number of ether oxygens (including phenoxy) is 1. The normalized spacial score (nSPS) is 20.6. The van der Waals surface area contributed by atoms with Gasteiger partial charge in [0.2, 0.25) is 0 Å². The monoisotopic (exact) mass is 318 g/mol. The fourth-order valence-corrected chi connectivity index (χ4v) is 2.94. The van der Waals surface area contributed by atoms with Crippen molar-refractivity contribution >= 4 is 5.91 Å². The van der Waals surface area contributed by atoms with E-state index in [1.807, 2.05) is 27.7 Å². The number of nitrogens with zero attached hydrogens (tertiary/aromatic N) is 4. The zero-order chi connectivity index (χ0) is 16.6. The maximum atomic E-state index is 12.5. The molecule has 1 amide bonds. The molecule has 0 saturated carbocycles. The largest absolute Gasteiger partial charge is 0.369 e. The summed E-state index contributed by atoms with van der Waals surface area (Å²) in [5.41, 5.74) is 2.27. The average molecular weight is 318 g/mol. The number of aromatic amines is 1. The number of hydrogen-bond donors (Lipinski definition) is 2. The molecule has 1 aliphatic rings. The molecule has 2 aromatic heterocycles. The second-order valence-corrected chi connectivity index (χ2v) is 6.15. The minimum absolute atomic E-state index is 0.0747. The third-order valence-electron chi connectivity index (χ3n) is 3.99. The lowest BCUT2D eigenvalue weighted by Crippen LogP contribution is -2.28. The molecule has 124 valence electrons. The maximum Gasteiger partial charge on any atom is 0.272 e. The van der Waals surface area contributed by atoms with E-state index in [0.717, 1.165) is 17.1 Å². The third-order valence-corrected chi connectivity index (χ3v) is 3.99. The highest BCUT2D eigenvalue weighted by atomic mass is 16.5. The molecule has 0 fully saturated rings. The number of nitrogens with one attached hydrogen (secondary N) is 2. The zero-order valence-electron chi connectivity index (χ0n) is 13.8. The van der Waals surface area contributed by atoms with Crippen LogP contribution >= 0.6 is 0 Å². The van der Waals surface area contributed by atoms with E-state index < -0.39 is 0 Å². The molecule has 2 aromatic rings. The van der Waals surface area contributed by atoms with Crippen molar-refractivity contribution in [3.8, 4) is 0 Å². The van der Waals surface area contributed by atoms with Gasteiger partial charge in [-0.25, -0.2) is 9.67 Å². The number of amides is 1. The molecular weight excluding hydrogens is 296 g/mol. The molecule has 0 aromatic carbocycles. The first-order chi connectivity index (χ1) is 11.0. The van der Waals surface area contributed by atoms with E-state index in [9.17, 15) is 4.79 Å². The molecule has 0 spiro atoms. The number of fused-ring (bicyclic) bond motifs is 1. The summed E-state index contributed by atoms with van der Waals surface area (Å²) < 4.78 is 7.53. The van der Waals surface area contributed by atoms with Crippen LogP contribution < -0.4 is 5.32 Å². The quantitative estimate of drug-likeness (QED) is 0.891. The fraction of sp³-hybridized carbons (Fsp3) is 0.600. The maximum absolute atomic E-state index is 12.5. The SMILES string of the molecule is CC(C)n1ncnc1CNC(=O)c1n[nH]c2c1C[C@H](C)O[C@@H]2C. The standard InChI is InChI=1S/C15H22N6O2/c1-8(2)21-12(17-7-18-21)6-16-15(22)14-11-5-9(3)23-10(4)13(11)19-20-14/h7-10H,5-6H2,1-4H3,(H,16,22)(H,19,20)/t9-,10+/m0/s1.